The Kier molecular flexibility index (Phi) is 2.31. The van der Waals surface area contributed by atoms with Gasteiger partial charge in [-0.1, -0.05) is 0 Å². The Balaban J connectivity index is 1.82. The van der Waals surface area contributed by atoms with E-state index in [1.807, 2.05) is 0 Å². The molecule has 0 N–H and O–H groups in total. The fourth-order valence-corrected chi connectivity index (χ4v) is 2.40. The molecule has 2 aliphatic rings. The van der Waals surface area contributed by atoms with Crippen LogP contribution in [-0.4, -0.2) is 36.0 Å². The zero-order valence-electron chi connectivity index (χ0n) is 7.44. The van der Waals surface area contributed by atoms with Gasteiger partial charge in [0, 0.05) is 12.1 Å². The van der Waals surface area contributed by atoms with Gasteiger partial charge in [0.25, 0.3) is 0 Å². The molecule has 0 aromatic carbocycles. The molecule has 2 saturated heterocycles. The number of rotatable bonds is 3. The molecule has 0 amide bonds. The van der Waals surface area contributed by atoms with Crippen molar-refractivity contribution in [3.05, 3.63) is 0 Å². The lowest BCUT2D eigenvalue weighted by Gasteiger charge is -2.19. The van der Waals surface area contributed by atoms with Gasteiger partial charge in [0.2, 0.25) is 6.29 Å². The monoisotopic (exact) mass is 183 g/mol. The van der Waals surface area contributed by atoms with Crippen molar-refractivity contribution in [3.63, 3.8) is 0 Å². The smallest absolute Gasteiger partial charge is 0.372 e. The van der Waals surface area contributed by atoms with Crippen LogP contribution in [0.15, 0.2) is 0 Å². The molecule has 4 nitrogen and oxygen atoms in total. The molecule has 4 heteroatoms. The molecule has 0 atom stereocenters. The third-order valence-electron chi connectivity index (χ3n) is 3.06. The Hall–Kier alpha value is -0.900. The van der Waals surface area contributed by atoms with E-state index in [9.17, 15) is 9.59 Å². The second-order valence-electron chi connectivity index (χ2n) is 3.69. The van der Waals surface area contributed by atoms with Crippen LogP contribution in [0, 0.1) is 0 Å². The van der Waals surface area contributed by atoms with Gasteiger partial charge in [-0.2, -0.15) is 0 Å². The highest BCUT2D eigenvalue weighted by Gasteiger charge is 2.39. The average molecular weight is 183 g/mol. The van der Waals surface area contributed by atoms with Crippen LogP contribution in [0.4, 0.5) is 0 Å². The number of carbonyl (C=O) groups excluding carboxylic acids is 2. The molecular weight excluding hydrogens is 170 g/mol. The van der Waals surface area contributed by atoms with Crippen molar-refractivity contribution in [2.24, 2.45) is 0 Å². The molecule has 0 radical (unpaired) electrons. The quantitative estimate of drug-likeness (QED) is 0.359. The molecular formula is C9H13NO3. The van der Waals surface area contributed by atoms with Crippen LogP contribution in [0.3, 0.4) is 0 Å². The summed E-state index contributed by atoms with van der Waals surface area (Å²) in [6.45, 7) is 0.299. The Morgan fingerprint density at radius 3 is 2.31 bits per heavy atom. The minimum Gasteiger partial charge on any atom is -0.444 e. The number of carbonyl (C=O) groups is 2. The van der Waals surface area contributed by atoms with Gasteiger partial charge in [0.05, 0.1) is 0 Å². The van der Waals surface area contributed by atoms with Gasteiger partial charge in [-0.3, -0.25) is 9.69 Å². The number of hydrogen-bond acceptors (Lipinski definition) is 4. The van der Waals surface area contributed by atoms with E-state index in [0.29, 0.717) is 18.8 Å². The first kappa shape index (κ1) is 8.69. The molecule has 0 aromatic rings. The third-order valence-corrected chi connectivity index (χ3v) is 3.06. The molecule has 2 heterocycles. The fourth-order valence-electron chi connectivity index (χ4n) is 2.40. The zero-order chi connectivity index (χ0) is 9.26. The maximum atomic E-state index is 10.6. The largest absolute Gasteiger partial charge is 0.444 e. The minimum atomic E-state index is -0.758. The van der Waals surface area contributed by atoms with E-state index >= 15 is 0 Å². The first-order valence-corrected chi connectivity index (χ1v) is 4.69. The second kappa shape index (κ2) is 3.46. The van der Waals surface area contributed by atoms with Gasteiger partial charge in [0.15, 0.2) is 0 Å². The first-order chi connectivity index (χ1) is 6.31. The van der Waals surface area contributed by atoms with E-state index in [1.54, 1.807) is 0 Å². The molecule has 0 aromatic heterocycles. The predicted molar refractivity (Wildman–Crippen MR) is 44.9 cm³/mol. The molecule has 0 unspecified atom stereocenters. The van der Waals surface area contributed by atoms with E-state index in [0.717, 1.165) is 0 Å². The topological polar surface area (TPSA) is 46.6 Å². The van der Waals surface area contributed by atoms with Crippen molar-refractivity contribution >= 4 is 12.3 Å². The van der Waals surface area contributed by atoms with Gasteiger partial charge in [-0.15, -0.1) is 0 Å². The van der Waals surface area contributed by atoms with E-state index in [4.69, 9.17) is 4.74 Å². The fraction of sp³-hybridized carbons (Fsp3) is 0.778. The van der Waals surface area contributed by atoms with Gasteiger partial charge >= 0.3 is 5.97 Å². The summed E-state index contributed by atoms with van der Waals surface area (Å²) >= 11 is 0. The van der Waals surface area contributed by atoms with Crippen molar-refractivity contribution in [3.8, 4) is 0 Å². The summed E-state index contributed by atoms with van der Waals surface area (Å²) in [7, 11) is 0. The highest BCUT2D eigenvalue weighted by Crippen LogP contribution is 2.36. The SMILES string of the molecule is O=CC(=O)OCN1C2CCC1CC2. The van der Waals surface area contributed by atoms with Crippen molar-refractivity contribution in [2.75, 3.05) is 6.73 Å². The average Bonchev–Trinajstić information content (AvgIpc) is 2.73. The van der Waals surface area contributed by atoms with Crippen LogP contribution >= 0.6 is 0 Å². The Bertz CT molecular complexity index is 209. The van der Waals surface area contributed by atoms with Crippen molar-refractivity contribution in [2.45, 2.75) is 37.8 Å². The number of hydrogen-bond donors (Lipinski definition) is 0. The van der Waals surface area contributed by atoms with Crippen LogP contribution in [-0.2, 0) is 14.3 Å². The number of fused-ring (bicyclic) bond motifs is 2. The third kappa shape index (κ3) is 1.58. The van der Waals surface area contributed by atoms with E-state index in [2.05, 4.69) is 4.90 Å². The summed E-state index contributed by atoms with van der Waals surface area (Å²) in [5.41, 5.74) is 0. The summed E-state index contributed by atoms with van der Waals surface area (Å²) < 4.78 is 4.77. The summed E-state index contributed by atoms with van der Waals surface area (Å²) in [4.78, 5) is 22.8. The van der Waals surface area contributed by atoms with Crippen LogP contribution < -0.4 is 0 Å². The molecule has 72 valence electrons. The van der Waals surface area contributed by atoms with Crippen LogP contribution in [0.5, 0.6) is 0 Å². The lowest BCUT2D eigenvalue weighted by molar-refractivity contribution is -0.153. The number of aldehydes is 1. The van der Waals surface area contributed by atoms with Gasteiger partial charge in [0.1, 0.15) is 6.73 Å². The Labute approximate surface area is 76.8 Å². The van der Waals surface area contributed by atoms with E-state index < -0.39 is 5.97 Å². The predicted octanol–water partition coefficient (Wildman–Crippen LogP) is 0.313. The van der Waals surface area contributed by atoms with Crippen molar-refractivity contribution in [1.82, 2.24) is 4.90 Å². The molecule has 0 spiro atoms. The van der Waals surface area contributed by atoms with Crippen molar-refractivity contribution < 1.29 is 14.3 Å². The minimum absolute atomic E-state index is 0.220. The standard InChI is InChI=1S/C9H13NO3/c11-5-9(12)13-6-10-7-1-2-8(10)4-3-7/h5,7-8H,1-4,6H2. The number of ether oxygens (including phenoxy) is 1. The Morgan fingerprint density at radius 1 is 1.31 bits per heavy atom. The summed E-state index contributed by atoms with van der Waals surface area (Å²) in [5, 5.41) is 0. The maximum Gasteiger partial charge on any atom is 0.372 e. The van der Waals surface area contributed by atoms with E-state index in [1.165, 1.54) is 25.7 Å². The molecule has 13 heavy (non-hydrogen) atoms. The first-order valence-electron chi connectivity index (χ1n) is 4.69. The molecule has 2 bridgehead atoms. The second-order valence-corrected chi connectivity index (χ2v) is 3.69. The van der Waals surface area contributed by atoms with Gasteiger partial charge < -0.3 is 4.74 Å². The lowest BCUT2D eigenvalue weighted by Crippen LogP contribution is -2.32. The van der Waals surface area contributed by atoms with Crippen LogP contribution in [0.2, 0.25) is 0 Å². The Morgan fingerprint density at radius 2 is 1.85 bits per heavy atom. The normalized spacial score (nSPS) is 32.0. The molecule has 0 aliphatic carbocycles. The summed E-state index contributed by atoms with van der Waals surface area (Å²) in [6.07, 6.45) is 5.07. The molecule has 0 saturated carbocycles. The summed E-state index contributed by atoms with van der Waals surface area (Å²) in [6, 6.07) is 1.17. The van der Waals surface area contributed by atoms with Crippen LogP contribution in [0.1, 0.15) is 25.7 Å². The van der Waals surface area contributed by atoms with Gasteiger partial charge in [-0.25, -0.2) is 4.79 Å². The zero-order valence-corrected chi connectivity index (χ0v) is 7.44. The molecule has 2 aliphatic heterocycles. The van der Waals surface area contributed by atoms with E-state index in [-0.39, 0.29) is 6.29 Å². The highest BCUT2D eigenvalue weighted by atomic mass is 16.5. The number of esters is 1. The highest BCUT2D eigenvalue weighted by molar-refractivity contribution is 6.20. The number of nitrogens with zero attached hydrogens (tertiary/aromatic N) is 1. The summed E-state index contributed by atoms with van der Waals surface area (Å²) in [5.74, 6) is -0.758. The molecule has 2 rings (SSSR count). The molecule has 2 fully saturated rings. The lowest BCUT2D eigenvalue weighted by atomic mass is 10.0. The van der Waals surface area contributed by atoms with Crippen LogP contribution in [0.25, 0.3) is 0 Å². The maximum absolute atomic E-state index is 10.6. The van der Waals surface area contributed by atoms with Crippen molar-refractivity contribution in [1.29, 1.82) is 0 Å². The van der Waals surface area contributed by atoms with Gasteiger partial charge in [-0.05, 0) is 25.7 Å².